The number of fused-ring (bicyclic) bond motifs is 2. The molecule has 1 aliphatic rings. The molecule has 2 aromatic carbocycles. The molecule has 5 aromatic rings. The smallest absolute Gasteiger partial charge is 0.161 e. The molecule has 0 amide bonds. The summed E-state index contributed by atoms with van der Waals surface area (Å²) in [6.45, 7) is 1.99. The van der Waals surface area contributed by atoms with Crippen LogP contribution in [0.25, 0.3) is 21.8 Å². The van der Waals surface area contributed by atoms with E-state index in [0.29, 0.717) is 28.3 Å². The average molecular weight is 497 g/mol. The third-order valence-corrected chi connectivity index (χ3v) is 7.02. The Morgan fingerprint density at radius 1 is 0.889 bits per heavy atom. The number of thioether (sulfide) groups is 1. The predicted molar refractivity (Wildman–Crippen MR) is 145 cm³/mol. The molecule has 1 fully saturated rings. The highest BCUT2D eigenvalue weighted by Gasteiger charge is 2.17. The minimum atomic E-state index is 0.631. The number of methoxy groups -OCH3 is 1. The third kappa shape index (κ3) is 4.45. The van der Waals surface area contributed by atoms with Gasteiger partial charge in [0.25, 0.3) is 0 Å². The summed E-state index contributed by atoms with van der Waals surface area (Å²) in [5, 5.41) is 14.7. The minimum Gasteiger partial charge on any atom is -0.495 e. The fourth-order valence-corrected chi connectivity index (χ4v) is 5.14. The van der Waals surface area contributed by atoms with Gasteiger partial charge in [-0.3, -0.25) is 4.98 Å². The Kier molecular flexibility index (Phi) is 6.13. The lowest BCUT2D eigenvalue weighted by molar-refractivity contribution is 0.413. The van der Waals surface area contributed by atoms with Crippen molar-refractivity contribution in [1.82, 2.24) is 20.2 Å². The zero-order valence-electron chi connectivity index (χ0n) is 19.7. The summed E-state index contributed by atoms with van der Waals surface area (Å²) in [4.78, 5) is 11.1. The molecule has 0 atom stereocenters. The van der Waals surface area contributed by atoms with Gasteiger partial charge in [-0.1, -0.05) is 24.3 Å². The Labute approximate surface area is 212 Å². The maximum Gasteiger partial charge on any atom is 0.161 e. The van der Waals surface area contributed by atoms with E-state index in [1.54, 1.807) is 25.6 Å². The fourth-order valence-electron chi connectivity index (χ4n) is 4.24. The topological polar surface area (TPSA) is 85.3 Å². The number of anilines is 3. The van der Waals surface area contributed by atoms with Gasteiger partial charge in [-0.05, 0) is 24.3 Å². The van der Waals surface area contributed by atoms with Crippen molar-refractivity contribution in [2.75, 3.05) is 41.9 Å². The number of benzene rings is 2. The molecule has 0 spiro atoms. The molecule has 9 heteroatoms. The van der Waals surface area contributed by atoms with Crippen molar-refractivity contribution in [3.8, 4) is 17.2 Å². The van der Waals surface area contributed by atoms with Gasteiger partial charge in [0.05, 0.1) is 18.8 Å². The lowest BCUT2D eigenvalue weighted by atomic mass is 10.1. The summed E-state index contributed by atoms with van der Waals surface area (Å²) in [5.74, 6) is 5.89. The second-order valence-electron chi connectivity index (χ2n) is 8.32. The van der Waals surface area contributed by atoms with E-state index in [1.165, 1.54) is 0 Å². The average Bonchev–Trinajstić information content (AvgIpc) is 2.94. The number of hydrogen-bond acceptors (Lipinski definition) is 9. The molecule has 8 nitrogen and oxygen atoms in total. The molecule has 36 heavy (non-hydrogen) atoms. The Bertz CT molecular complexity index is 1520. The zero-order chi connectivity index (χ0) is 24.3. The van der Waals surface area contributed by atoms with Gasteiger partial charge < -0.3 is 19.7 Å². The van der Waals surface area contributed by atoms with E-state index in [-0.39, 0.29) is 0 Å². The molecule has 0 saturated carbocycles. The molecule has 6 rings (SSSR count). The van der Waals surface area contributed by atoms with E-state index in [2.05, 4.69) is 48.6 Å². The molecule has 0 radical (unpaired) electrons. The SMILES string of the molecule is COc1cnc2c(Oc3ccc(Nc4nnc(N5CCSCC5)c5ccccc45)cc3)ccnc2c1. The van der Waals surface area contributed by atoms with Crippen LogP contribution in [0.2, 0.25) is 0 Å². The first kappa shape index (κ1) is 22.4. The van der Waals surface area contributed by atoms with Gasteiger partial charge in [0.1, 0.15) is 17.0 Å². The lowest BCUT2D eigenvalue weighted by Crippen LogP contribution is -2.33. The first-order valence-corrected chi connectivity index (χ1v) is 12.9. The third-order valence-electron chi connectivity index (χ3n) is 6.07. The summed E-state index contributed by atoms with van der Waals surface area (Å²) in [6.07, 6.45) is 3.36. The predicted octanol–water partition coefficient (Wildman–Crippen LogP) is 5.67. The van der Waals surface area contributed by atoms with Gasteiger partial charge in [-0.15, -0.1) is 10.2 Å². The van der Waals surface area contributed by atoms with E-state index in [9.17, 15) is 0 Å². The van der Waals surface area contributed by atoms with E-state index in [1.807, 2.05) is 48.2 Å². The van der Waals surface area contributed by atoms with Crippen LogP contribution in [0.15, 0.2) is 73.1 Å². The summed E-state index contributed by atoms with van der Waals surface area (Å²) in [7, 11) is 1.61. The second-order valence-corrected chi connectivity index (χ2v) is 9.55. The molecular weight excluding hydrogens is 472 g/mol. The summed E-state index contributed by atoms with van der Waals surface area (Å²) in [5.41, 5.74) is 2.28. The van der Waals surface area contributed by atoms with Crippen LogP contribution in [0.1, 0.15) is 0 Å². The van der Waals surface area contributed by atoms with Crippen LogP contribution in [-0.2, 0) is 0 Å². The van der Waals surface area contributed by atoms with Crippen LogP contribution >= 0.6 is 11.8 Å². The van der Waals surface area contributed by atoms with Gasteiger partial charge in [0, 0.05) is 59.4 Å². The van der Waals surface area contributed by atoms with Crippen LogP contribution in [0.4, 0.5) is 17.3 Å². The van der Waals surface area contributed by atoms with E-state index >= 15 is 0 Å². The lowest BCUT2D eigenvalue weighted by Gasteiger charge is -2.28. The molecule has 1 aliphatic heterocycles. The van der Waals surface area contributed by atoms with Crippen molar-refractivity contribution in [3.63, 3.8) is 0 Å². The van der Waals surface area contributed by atoms with Crippen LogP contribution < -0.4 is 19.7 Å². The highest BCUT2D eigenvalue weighted by atomic mass is 32.2. The van der Waals surface area contributed by atoms with Gasteiger partial charge >= 0.3 is 0 Å². The summed E-state index contributed by atoms with van der Waals surface area (Å²) < 4.78 is 11.4. The number of rotatable bonds is 6. The van der Waals surface area contributed by atoms with Crippen LogP contribution in [0.3, 0.4) is 0 Å². The van der Waals surface area contributed by atoms with E-state index < -0.39 is 0 Å². The standard InChI is InChI=1S/C27H24N6O2S/c1-34-20-16-23-25(29-17-20)24(10-11-28-23)35-19-8-6-18(7-9-19)30-26-21-4-2-3-5-22(21)27(32-31-26)33-12-14-36-15-13-33/h2-11,16-17H,12-15H2,1H3,(H,30,31). The van der Waals surface area contributed by atoms with E-state index in [4.69, 9.17) is 9.47 Å². The second kappa shape index (κ2) is 9.87. The molecule has 3 aromatic heterocycles. The van der Waals surface area contributed by atoms with Gasteiger partial charge in [-0.25, -0.2) is 4.98 Å². The van der Waals surface area contributed by atoms with Gasteiger partial charge in [-0.2, -0.15) is 11.8 Å². The number of aromatic nitrogens is 4. The molecule has 1 N–H and O–H groups in total. The summed E-state index contributed by atoms with van der Waals surface area (Å²) >= 11 is 1.98. The van der Waals surface area contributed by atoms with Crippen molar-refractivity contribution in [2.24, 2.45) is 0 Å². The molecule has 4 heterocycles. The molecule has 180 valence electrons. The van der Waals surface area contributed by atoms with Crippen LogP contribution in [0.5, 0.6) is 17.2 Å². The maximum absolute atomic E-state index is 6.12. The van der Waals surface area contributed by atoms with Crippen LogP contribution in [0, 0.1) is 0 Å². The van der Waals surface area contributed by atoms with Gasteiger partial charge in [0.2, 0.25) is 0 Å². The van der Waals surface area contributed by atoms with Crippen molar-refractivity contribution in [3.05, 3.63) is 73.1 Å². The van der Waals surface area contributed by atoms with Crippen LogP contribution in [-0.4, -0.2) is 51.9 Å². The number of nitrogens with one attached hydrogen (secondary N) is 1. The molecule has 0 bridgehead atoms. The molecular formula is C27H24N6O2S. The van der Waals surface area contributed by atoms with Crippen molar-refractivity contribution < 1.29 is 9.47 Å². The number of hydrogen-bond donors (Lipinski definition) is 1. The number of nitrogens with zero attached hydrogens (tertiary/aromatic N) is 5. The Balaban J connectivity index is 1.23. The first-order chi connectivity index (χ1) is 17.8. The molecule has 0 aliphatic carbocycles. The Morgan fingerprint density at radius 3 is 2.50 bits per heavy atom. The zero-order valence-corrected chi connectivity index (χ0v) is 20.5. The van der Waals surface area contributed by atoms with Gasteiger partial charge in [0.15, 0.2) is 17.4 Å². The van der Waals surface area contributed by atoms with Crippen molar-refractivity contribution in [2.45, 2.75) is 0 Å². The normalized spacial score (nSPS) is 13.6. The number of pyridine rings is 2. The van der Waals surface area contributed by atoms with Crippen molar-refractivity contribution in [1.29, 1.82) is 0 Å². The first-order valence-electron chi connectivity index (χ1n) is 11.7. The highest BCUT2D eigenvalue weighted by molar-refractivity contribution is 7.99. The highest BCUT2D eigenvalue weighted by Crippen LogP contribution is 2.33. The maximum atomic E-state index is 6.12. The quantitative estimate of drug-likeness (QED) is 0.319. The minimum absolute atomic E-state index is 0.631. The molecule has 1 saturated heterocycles. The van der Waals surface area contributed by atoms with E-state index in [0.717, 1.165) is 52.7 Å². The molecule has 0 unspecified atom stereocenters. The monoisotopic (exact) mass is 496 g/mol. The van der Waals surface area contributed by atoms with Crippen molar-refractivity contribution >= 4 is 50.9 Å². The largest absolute Gasteiger partial charge is 0.495 e. The summed E-state index contributed by atoms with van der Waals surface area (Å²) in [6, 6.07) is 19.7. The Morgan fingerprint density at radius 2 is 1.69 bits per heavy atom. The Hall–Kier alpha value is -4.11. The number of ether oxygens (including phenoxy) is 2. The fraction of sp³-hybridized carbons (Fsp3) is 0.185.